The van der Waals surface area contributed by atoms with Crippen LogP contribution in [0.5, 0.6) is 5.75 Å². The van der Waals surface area contributed by atoms with Crippen LogP contribution in [0.1, 0.15) is 25.3 Å². The second-order valence-electron chi connectivity index (χ2n) is 6.30. The molecule has 0 spiro atoms. The summed E-state index contributed by atoms with van der Waals surface area (Å²) in [6.45, 7) is 3.86. The number of hydrogen-bond donors (Lipinski definition) is 3. The number of amides is 1. The number of allylic oxidation sites excluding steroid dienone is 2. The molecule has 1 atom stereocenters. The van der Waals surface area contributed by atoms with Crippen LogP contribution in [0.15, 0.2) is 76.5 Å². The maximum absolute atomic E-state index is 13.2. The molecule has 2 aromatic rings. The lowest BCUT2D eigenvalue weighted by atomic mass is 9.82. The number of carbonyl (C=O) groups is 1. The molecule has 3 N–H and O–H groups in total. The summed E-state index contributed by atoms with van der Waals surface area (Å²) in [6, 6.07) is 18.2. The fraction of sp³-hybridized carbons (Fsp3) is 0.182. The maximum atomic E-state index is 13.2. The van der Waals surface area contributed by atoms with Crippen molar-refractivity contribution >= 4 is 23.4 Å². The number of phenolic OH excluding ortho intramolecular Hbond substituents is 1. The number of carbonyl (C=O) groups excluding carboxylic acids is 1. The second-order valence-corrected chi connectivity index (χ2v) is 7.57. The van der Waals surface area contributed by atoms with Gasteiger partial charge in [0, 0.05) is 17.0 Å². The number of benzene rings is 2. The van der Waals surface area contributed by atoms with Crippen LogP contribution in [-0.4, -0.2) is 16.8 Å². The third kappa shape index (κ3) is 4.05. The zero-order chi connectivity index (χ0) is 20.1. The molecule has 2 aromatic carbocycles. The summed E-state index contributed by atoms with van der Waals surface area (Å²) in [7, 11) is 0. The van der Waals surface area contributed by atoms with Crippen molar-refractivity contribution < 1.29 is 9.90 Å². The van der Waals surface area contributed by atoms with Gasteiger partial charge in [0.15, 0.2) is 0 Å². The van der Waals surface area contributed by atoms with E-state index in [1.807, 2.05) is 44.2 Å². The molecule has 28 heavy (non-hydrogen) atoms. The molecule has 1 unspecified atom stereocenters. The van der Waals surface area contributed by atoms with Crippen molar-refractivity contribution in [3.63, 3.8) is 0 Å². The van der Waals surface area contributed by atoms with Crippen molar-refractivity contribution in [1.29, 1.82) is 5.26 Å². The topological polar surface area (TPSA) is 85.1 Å². The Morgan fingerprint density at radius 3 is 2.50 bits per heavy atom. The summed E-state index contributed by atoms with van der Waals surface area (Å²) in [4.78, 5) is 13.2. The van der Waals surface area contributed by atoms with Crippen LogP contribution in [0.4, 0.5) is 5.69 Å². The number of nitrogens with zero attached hydrogens (tertiary/aromatic N) is 1. The molecule has 6 heteroatoms. The summed E-state index contributed by atoms with van der Waals surface area (Å²) in [5.74, 6) is 0.167. The van der Waals surface area contributed by atoms with Gasteiger partial charge in [-0.25, -0.2) is 0 Å². The van der Waals surface area contributed by atoms with Crippen LogP contribution in [0, 0.1) is 11.3 Å². The van der Waals surface area contributed by atoms with Crippen molar-refractivity contribution in [2.24, 2.45) is 0 Å². The van der Waals surface area contributed by atoms with Gasteiger partial charge >= 0.3 is 0 Å². The summed E-state index contributed by atoms with van der Waals surface area (Å²) in [5.41, 5.74) is 3.17. The van der Waals surface area contributed by atoms with E-state index in [0.29, 0.717) is 22.5 Å². The molecule has 1 aliphatic heterocycles. The van der Waals surface area contributed by atoms with E-state index in [1.165, 1.54) is 11.8 Å². The van der Waals surface area contributed by atoms with Gasteiger partial charge in [-0.1, -0.05) is 37.3 Å². The summed E-state index contributed by atoms with van der Waals surface area (Å²) in [5, 5.41) is 26.5. The second kappa shape index (κ2) is 8.68. The smallest absolute Gasteiger partial charge is 0.254 e. The van der Waals surface area contributed by atoms with Gasteiger partial charge in [-0.2, -0.15) is 5.26 Å². The number of rotatable bonds is 5. The van der Waals surface area contributed by atoms with E-state index in [4.69, 9.17) is 0 Å². The Morgan fingerprint density at radius 2 is 1.89 bits per heavy atom. The van der Waals surface area contributed by atoms with Crippen molar-refractivity contribution in [2.45, 2.75) is 19.8 Å². The molecule has 142 valence electrons. The Bertz CT molecular complexity index is 973. The zero-order valence-corrected chi connectivity index (χ0v) is 16.5. The number of nitriles is 1. The molecular weight excluding hydrogens is 370 g/mol. The summed E-state index contributed by atoms with van der Waals surface area (Å²) < 4.78 is 0. The van der Waals surface area contributed by atoms with E-state index in [-0.39, 0.29) is 11.7 Å². The molecule has 0 saturated carbocycles. The van der Waals surface area contributed by atoms with Crippen LogP contribution >= 0.6 is 11.8 Å². The van der Waals surface area contributed by atoms with E-state index in [9.17, 15) is 15.2 Å². The molecule has 5 nitrogen and oxygen atoms in total. The fourth-order valence-corrected chi connectivity index (χ4v) is 4.02. The minimum atomic E-state index is -0.510. The molecule has 1 aliphatic rings. The van der Waals surface area contributed by atoms with E-state index in [0.717, 1.165) is 16.3 Å². The number of para-hydroxylation sites is 1. The van der Waals surface area contributed by atoms with Gasteiger partial charge in [0.25, 0.3) is 5.91 Å². The van der Waals surface area contributed by atoms with Crippen LogP contribution in [0.2, 0.25) is 0 Å². The monoisotopic (exact) mass is 391 g/mol. The first kappa shape index (κ1) is 19.6. The number of thioether (sulfide) groups is 1. The average Bonchev–Trinajstić information content (AvgIpc) is 2.69. The molecule has 0 aliphatic carbocycles. The fourth-order valence-electron chi connectivity index (χ4n) is 3.19. The molecule has 0 bridgehead atoms. The van der Waals surface area contributed by atoms with E-state index < -0.39 is 5.92 Å². The molecule has 0 saturated heterocycles. The van der Waals surface area contributed by atoms with Crippen molar-refractivity contribution in [2.75, 3.05) is 11.1 Å². The largest absolute Gasteiger partial charge is 0.508 e. The highest BCUT2D eigenvalue weighted by Gasteiger charge is 2.34. The van der Waals surface area contributed by atoms with E-state index >= 15 is 0 Å². The number of anilines is 1. The van der Waals surface area contributed by atoms with Crippen LogP contribution in [-0.2, 0) is 4.79 Å². The quantitative estimate of drug-likeness (QED) is 0.700. The summed E-state index contributed by atoms with van der Waals surface area (Å²) >= 11 is 1.54. The highest BCUT2D eigenvalue weighted by molar-refractivity contribution is 8.03. The van der Waals surface area contributed by atoms with E-state index in [1.54, 1.807) is 24.3 Å². The molecular formula is C22H21N3O2S. The van der Waals surface area contributed by atoms with Gasteiger partial charge in [0.05, 0.1) is 22.6 Å². The van der Waals surface area contributed by atoms with Gasteiger partial charge in [-0.05, 0) is 42.5 Å². The predicted octanol–water partition coefficient (Wildman–Crippen LogP) is 4.48. The summed E-state index contributed by atoms with van der Waals surface area (Å²) in [6.07, 6.45) is 0. The molecule has 0 fully saturated rings. The van der Waals surface area contributed by atoms with Crippen LogP contribution in [0.25, 0.3) is 0 Å². The Labute approximate surface area is 168 Å². The van der Waals surface area contributed by atoms with Gasteiger partial charge in [0.2, 0.25) is 0 Å². The third-order valence-corrected chi connectivity index (χ3v) is 5.34. The standard InChI is InChI=1S/C22H21N3O2S/c1-3-28-22-18(13-23)20(15-9-11-17(26)12-10-15)19(14(2)24-22)21(27)25-16-7-5-4-6-8-16/h4-12,20,24,26H,3H2,1-2H3,(H,25,27). The number of phenols is 1. The lowest BCUT2D eigenvalue weighted by Gasteiger charge is -2.29. The molecule has 0 radical (unpaired) electrons. The van der Waals surface area contributed by atoms with Gasteiger partial charge in [0.1, 0.15) is 5.75 Å². The Morgan fingerprint density at radius 1 is 1.21 bits per heavy atom. The third-order valence-electron chi connectivity index (χ3n) is 4.44. The van der Waals surface area contributed by atoms with Crippen molar-refractivity contribution in [3.05, 3.63) is 82.0 Å². The van der Waals surface area contributed by atoms with Crippen LogP contribution in [0.3, 0.4) is 0 Å². The maximum Gasteiger partial charge on any atom is 0.254 e. The average molecular weight is 391 g/mol. The minimum absolute atomic E-state index is 0.138. The molecule has 0 aromatic heterocycles. The number of aromatic hydroxyl groups is 1. The predicted molar refractivity (Wildman–Crippen MR) is 113 cm³/mol. The van der Waals surface area contributed by atoms with Crippen molar-refractivity contribution in [3.8, 4) is 11.8 Å². The minimum Gasteiger partial charge on any atom is -0.508 e. The molecule has 1 heterocycles. The first-order valence-corrected chi connectivity index (χ1v) is 9.93. The van der Waals surface area contributed by atoms with Gasteiger partial charge in [-0.3, -0.25) is 4.79 Å². The lowest BCUT2D eigenvalue weighted by Crippen LogP contribution is -2.30. The first-order valence-electron chi connectivity index (χ1n) is 8.95. The number of dihydropyridines is 1. The zero-order valence-electron chi connectivity index (χ0n) is 15.7. The molecule has 3 rings (SSSR count). The normalized spacial score (nSPS) is 16.4. The Balaban J connectivity index is 2.07. The van der Waals surface area contributed by atoms with Gasteiger partial charge in [-0.15, -0.1) is 11.8 Å². The Hall–Kier alpha value is -3.17. The molecule has 1 amide bonds. The van der Waals surface area contributed by atoms with E-state index in [2.05, 4.69) is 16.7 Å². The number of nitrogens with one attached hydrogen (secondary N) is 2. The highest BCUT2D eigenvalue weighted by Crippen LogP contribution is 2.41. The SMILES string of the molecule is CCSC1=C(C#N)C(c2ccc(O)cc2)C(C(=O)Nc2ccccc2)=C(C)N1. The van der Waals surface area contributed by atoms with Crippen LogP contribution < -0.4 is 10.6 Å². The number of hydrogen-bond acceptors (Lipinski definition) is 5. The highest BCUT2D eigenvalue weighted by atomic mass is 32.2. The lowest BCUT2D eigenvalue weighted by molar-refractivity contribution is -0.113. The van der Waals surface area contributed by atoms with Crippen molar-refractivity contribution in [1.82, 2.24) is 5.32 Å². The van der Waals surface area contributed by atoms with Gasteiger partial charge < -0.3 is 15.7 Å². The first-order chi connectivity index (χ1) is 13.5. The Kier molecular flexibility index (Phi) is 6.07.